The number of rotatable bonds is 4. The molecule has 0 aliphatic rings. The zero-order valence-electron chi connectivity index (χ0n) is 9.20. The van der Waals surface area contributed by atoms with Crippen LogP contribution in [0.15, 0.2) is 29.9 Å². The molecule has 0 aromatic carbocycles. The number of carbonyl (C=O) groups is 1. The first-order valence-corrected chi connectivity index (χ1v) is 5.83. The van der Waals surface area contributed by atoms with Crippen LogP contribution < -0.4 is 4.90 Å². The largest absolute Gasteiger partial charge is 0.476 e. The Labute approximate surface area is 102 Å². The number of carboxylic acids is 1. The third-order valence-electron chi connectivity index (χ3n) is 2.22. The molecule has 6 heteroatoms. The molecule has 0 amide bonds. The van der Waals surface area contributed by atoms with Gasteiger partial charge in [-0.05, 0) is 11.4 Å². The average molecular weight is 249 g/mol. The van der Waals surface area contributed by atoms with E-state index in [2.05, 4.69) is 9.97 Å². The van der Waals surface area contributed by atoms with Crippen molar-refractivity contribution in [3.63, 3.8) is 0 Å². The van der Waals surface area contributed by atoms with Crippen molar-refractivity contribution in [3.05, 3.63) is 40.5 Å². The Bertz CT molecular complexity index is 496. The molecule has 1 N–H and O–H groups in total. The van der Waals surface area contributed by atoms with Gasteiger partial charge in [0.1, 0.15) is 5.82 Å². The van der Waals surface area contributed by atoms with Gasteiger partial charge in [-0.25, -0.2) is 14.8 Å². The lowest BCUT2D eigenvalue weighted by Crippen LogP contribution is -2.17. The number of carboxylic acid groups (broad SMARTS) is 1. The van der Waals surface area contributed by atoms with Gasteiger partial charge in [0.05, 0.1) is 18.9 Å². The number of hydrogen-bond acceptors (Lipinski definition) is 5. The van der Waals surface area contributed by atoms with E-state index in [9.17, 15) is 4.79 Å². The zero-order chi connectivity index (χ0) is 12.3. The number of hydrogen-bond donors (Lipinski definition) is 1. The Hall–Kier alpha value is -1.95. The lowest BCUT2D eigenvalue weighted by molar-refractivity contribution is 0.0690. The number of aromatic carboxylic acids is 1. The zero-order valence-corrected chi connectivity index (χ0v) is 10.0. The third kappa shape index (κ3) is 2.79. The van der Waals surface area contributed by atoms with Crippen molar-refractivity contribution in [1.29, 1.82) is 0 Å². The Kier molecular flexibility index (Phi) is 3.34. The van der Waals surface area contributed by atoms with Crippen molar-refractivity contribution in [2.24, 2.45) is 0 Å². The number of anilines is 1. The van der Waals surface area contributed by atoms with Crippen molar-refractivity contribution in [3.8, 4) is 0 Å². The standard InChI is InChI=1S/C11H11N3O2S/c1-14(7-8-3-2-4-17-8)10-6-12-9(5-13-10)11(15)16/h2-6H,7H2,1H3,(H,15,16). The Morgan fingerprint density at radius 3 is 2.82 bits per heavy atom. The Balaban J connectivity index is 2.09. The maximum Gasteiger partial charge on any atom is 0.356 e. The smallest absolute Gasteiger partial charge is 0.356 e. The molecule has 0 aliphatic heterocycles. The minimum absolute atomic E-state index is 0.0433. The van der Waals surface area contributed by atoms with Crippen LogP contribution in [0.3, 0.4) is 0 Å². The van der Waals surface area contributed by atoms with E-state index in [1.165, 1.54) is 17.3 Å². The molecule has 0 atom stereocenters. The highest BCUT2D eigenvalue weighted by atomic mass is 32.1. The molecule has 0 radical (unpaired) electrons. The molecule has 0 saturated heterocycles. The summed E-state index contributed by atoms with van der Waals surface area (Å²) < 4.78 is 0. The van der Waals surface area contributed by atoms with Crippen LogP contribution in [0.4, 0.5) is 5.82 Å². The molecule has 2 aromatic rings. The minimum Gasteiger partial charge on any atom is -0.476 e. The first-order valence-electron chi connectivity index (χ1n) is 4.95. The van der Waals surface area contributed by atoms with Gasteiger partial charge in [0.2, 0.25) is 0 Å². The monoisotopic (exact) mass is 249 g/mol. The van der Waals surface area contributed by atoms with Gasteiger partial charge in [0.25, 0.3) is 0 Å². The molecule has 0 saturated carbocycles. The fraction of sp³-hybridized carbons (Fsp3) is 0.182. The molecule has 2 aromatic heterocycles. The predicted molar refractivity (Wildman–Crippen MR) is 65.4 cm³/mol. The molecule has 0 unspecified atom stereocenters. The lowest BCUT2D eigenvalue weighted by Gasteiger charge is -2.16. The molecule has 5 nitrogen and oxygen atoms in total. The summed E-state index contributed by atoms with van der Waals surface area (Å²) in [6.45, 7) is 0.735. The fourth-order valence-electron chi connectivity index (χ4n) is 1.35. The normalized spacial score (nSPS) is 10.2. The quantitative estimate of drug-likeness (QED) is 0.896. The molecule has 17 heavy (non-hydrogen) atoms. The molecular formula is C11H11N3O2S. The number of thiophene rings is 1. The summed E-state index contributed by atoms with van der Waals surface area (Å²) in [6, 6.07) is 4.03. The van der Waals surface area contributed by atoms with Gasteiger partial charge in [-0.3, -0.25) is 0 Å². The number of aromatic nitrogens is 2. The summed E-state index contributed by atoms with van der Waals surface area (Å²) in [5.74, 6) is -0.409. The maximum atomic E-state index is 10.6. The number of nitrogens with zero attached hydrogens (tertiary/aromatic N) is 3. The molecule has 0 aliphatic carbocycles. The van der Waals surface area contributed by atoms with Crippen LogP contribution >= 0.6 is 11.3 Å². The van der Waals surface area contributed by atoms with Gasteiger partial charge < -0.3 is 10.0 Å². The second-order valence-corrected chi connectivity index (χ2v) is 4.53. The van der Waals surface area contributed by atoms with Gasteiger partial charge in [0, 0.05) is 11.9 Å². The van der Waals surface area contributed by atoms with Gasteiger partial charge in [-0.15, -0.1) is 11.3 Å². The van der Waals surface area contributed by atoms with E-state index in [0.29, 0.717) is 5.82 Å². The molecule has 2 rings (SSSR count). The summed E-state index contributed by atoms with van der Waals surface area (Å²) in [7, 11) is 1.89. The molecule has 0 fully saturated rings. The van der Waals surface area contributed by atoms with Crippen molar-refractivity contribution < 1.29 is 9.90 Å². The van der Waals surface area contributed by atoms with E-state index in [0.717, 1.165) is 6.54 Å². The van der Waals surface area contributed by atoms with Crippen LogP contribution in [0, 0.1) is 0 Å². The van der Waals surface area contributed by atoms with Crippen LogP contribution in [-0.4, -0.2) is 28.1 Å². The van der Waals surface area contributed by atoms with Crippen LogP contribution in [-0.2, 0) is 6.54 Å². The van der Waals surface area contributed by atoms with Crippen molar-refractivity contribution in [2.75, 3.05) is 11.9 Å². The first-order chi connectivity index (χ1) is 8.16. The second-order valence-electron chi connectivity index (χ2n) is 3.50. The molecule has 0 spiro atoms. The van der Waals surface area contributed by atoms with Crippen molar-refractivity contribution >= 4 is 23.1 Å². The summed E-state index contributed by atoms with van der Waals surface area (Å²) in [5, 5.41) is 10.7. The summed E-state index contributed by atoms with van der Waals surface area (Å²) in [4.78, 5) is 21.7. The van der Waals surface area contributed by atoms with E-state index >= 15 is 0 Å². The van der Waals surface area contributed by atoms with Crippen LogP contribution in [0.25, 0.3) is 0 Å². The molecular weight excluding hydrogens is 238 g/mol. The average Bonchev–Trinajstić information content (AvgIpc) is 2.82. The minimum atomic E-state index is -1.06. The SMILES string of the molecule is CN(Cc1cccs1)c1cnc(C(=O)O)cn1. The van der Waals surface area contributed by atoms with E-state index < -0.39 is 5.97 Å². The topological polar surface area (TPSA) is 66.3 Å². The summed E-state index contributed by atoms with van der Waals surface area (Å²) in [6.07, 6.45) is 2.74. The first kappa shape index (κ1) is 11.5. The highest BCUT2D eigenvalue weighted by Crippen LogP contribution is 2.15. The van der Waals surface area contributed by atoms with E-state index in [1.54, 1.807) is 11.3 Å². The fourth-order valence-corrected chi connectivity index (χ4v) is 2.10. The summed E-state index contributed by atoms with van der Waals surface area (Å²) >= 11 is 1.67. The third-order valence-corrected chi connectivity index (χ3v) is 3.08. The van der Waals surface area contributed by atoms with Crippen LogP contribution in [0.2, 0.25) is 0 Å². The highest BCUT2D eigenvalue weighted by Gasteiger charge is 2.08. The van der Waals surface area contributed by atoms with Crippen molar-refractivity contribution in [2.45, 2.75) is 6.54 Å². The van der Waals surface area contributed by atoms with E-state index in [4.69, 9.17) is 5.11 Å². The Morgan fingerprint density at radius 2 is 2.29 bits per heavy atom. The highest BCUT2D eigenvalue weighted by molar-refractivity contribution is 7.09. The molecule has 0 bridgehead atoms. The van der Waals surface area contributed by atoms with Gasteiger partial charge in [-0.2, -0.15) is 0 Å². The molecule has 2 heterocycles. The van der Waals surface area contributed by atoms with Gasteiger partial charge >= 0.3 is 5.97 Å². The van der Waals surface area contributed by atoms with Crippen LogP contribution in [0.1, 0.15) is 15.4 Å². The van der Waals surface area contributed by atoms with Crippen LogP contribution in [0.5, 0.6) is 0 Å². The predicted octanol–water partition coefficient (Wildman–Crippen LogP) is 1.87. The van der Waals surface area contributed by atoms with E-state index in [-0.39, 0.29) is 5.69 Å². The molecule has 88 valence electrons. The lowest BCUT2D eigenvalue weighted by atomic mass is 10.4. The van der Waals surface area contributed by atoms with E-state index in [1.807, 2.05) is 29.5 Å². The van der Waals surface area contributed by atoms with Crippen molar-refractivity contribution in [1.82, 2.24) is 9.97 Å². The second kappa shape index (κ2) is 4.92. The van der Waals surface area contributed by atoms with Gasteiger partial charge in [0.15, 0.2) is 5.69 Å². The summed E-state index contributed by atoms with van der Waals surface area (Å²) in [5.41, 5.74) is -0.0433. The maximum absolute atomic E-state index is 10.6. The van der Waals surface area contributed by atoms with Gasteiger partial charge in [-0.1, -0.05) is 6.07 Å². The Morgan fingerprint density at radius 1 is 1.47 bits per heavy atom.